The summed E-state index contributed by atoms with van der Waals surface area (Å²) in [6.45, 7) is 0. The van der Waals surface area contributed by atoms with Gasteiger partial charge in [-0.2, -0.15) is 0 Å². The van der Waals surface area contributed by atoms with Gasteiger partial charge in [0.1, 0.15) is 4.34 Å². The molecule has 3 rings (SSSR count). The lowest BCUT2D eigenvalue weighted by molar-refractivity contribution is -0.136. The minimum atomic E-state index is -0.808. The van der Waals surface area contributed by atoms with Crippen LogP contribution in [0.2, 0.25) is 8.80 Å². The Morgan fingerprint density at radius 1 is 1.00 bits per heavy atom. The van der Waals surface area contributed by atoms with E-state index in [0.29, 0.717) is 8.80 Å². The predicted molar refractivity (Wildman–Crippen MR) is 104 cm³/mol. The molecule has 1 N–H and O–H groups in total. The van der Waals surface area contributed by atoms with Gasteiger partial charge in [-0.05, 0) is 47.6 Å². The number of nitrogens with zero attached hydrogens (tertiary/aromatic N) is 1. The summed E-state index contributed by atoms with van der Waals surface area (Å²) < 4.78 is 1.18. The Labute approximate surface area is 160 Å². The van der Waals surface area contributed by atoms with Gasteiger partial charge in [-0.15, -0.1) is 0 Å². The van der Waals surface area contributed by atoms with Crippen molar-refractivity contribution in [3.8, 4) is 0 Å². The lowest BCUT2D eigenvalue weighted by Crippen LogP contribution is -1.99. The number of thiazole rings is 1. The lowest BCUT2D eigenvalue weighted by Gasteiger charge is -2.06. The number of carboxylic acid groups (broad SMARTS) is 1. The summed E-state index contributed by atoms with van der Waals surface area (Å²) in [5.74, 6) is -0.808. The van der Waals surface area contributed by atoms with E-state index in [-0.39, 0.29) is 6.42 Å². The highest BCUT2D eigenvalue weighted by Crippen LogP contribution is 2.28. The number of aryl methyl sites for hydroxylation is 2. The number of rotatable bonds is 7. The van der Waals surface area contributed by atoms with Crippen LogP contribution in [0, 0.1) is 0 Å². The van der Waals surface area contributed by atoms with Crippen molar-refractivity contribution in [2.24, 2.45) is 0 Å². The van der Waals surface area contributed by atoms with Gasteiger partial charge in [-0.1, -0.05) is 70.9 Å². The summed E-state index contributed by atoms with van der Waals surface area (Å²) in [7, 11) is 0. The van der Waals surface area contributed by atoms with E-state index in [0.717, 1.165) is 47.7 Å². The van der Waals surface area contributed by atoms with E-state index in [4.69, 9.17) is 28.3 Å². The second-order valence-corrected chi connectivity index (χ2v) is 8.16. The third-order valence-corrected chi connectivity index (χ3v) is 5.52. The molecule has 6 heteroatoms. The SMILES string of the molecule is O=C(O)Cc1ccc2cc(CCCCc3nc(Cl)sc3Cl)ccc2c1. The standard InChI is InChI=1S/C19H17Cl2NO2S/c20-18-16(22-19(21)25-18)4-2-1-3-12-5-7-15-10-13(11-17(23)24)6-8-14(15)9-12/h5-10H,1-4,11H2,(H,23,24). The molecule has 0 aliphatic carbocycles. The molecule has 0 spiro atoms. The summed E-state index contributed by atoms with van der Waals surface area (Å²) in [6, 6.07) is 12.2. The molecule has 0 fully saturated rings. The molecule has 0 unspecified atom stereocenters. The van der Waals surface area contributed by atoms with E-state index in [1.807, 2.05) is 18.2 Å². The fraction of sp³-hybridized carbons (Fsp3) is 0.263. The van der Waals surface area contributed by atoms with Crippen LogP contribution in [0.5, 0.6) is 0 Å². The summed E-state index contributed by atoms with van der Waals surface area (Å²) in [4.78, 5) is 15.0. The van der Waals surface area contributed by atoms with Crippen molar-refractivity contribution >= 4 is 51.3 Å². The van der Waals surface area contributed by atoms with Gasteiger partial charge in [0.2, 0.25) is 0 Å². The highest BCUT2D eigenvalue weighted by molar-refractivity contribution is 7.19. The van der Waals surface area contributed by atoms with E-state index in [2.05, 4.69) is 23.2 Å². The van der Waals surface area contributed by atoms with E-state index in [9.17, 15) is 4.79 Å². The molecule has 2 aromatic carbocycles. The Kier molecular flexibility index (Phi) is 5.94. The smallest absolute Gasteiger partial charge is 0.307 e. The van der Waals surface area contributed by atoms with Crippen molar-refractivity contribution < 1.29 is 9.90 Å². The van der Waals surface area contributed by atoms with Gasteiger partial charge in [-0.3, -0.25) is 4.79 Å². The number of hydrogen-bond acceptors (Lipinski definition) is 3. The molecule has 0 amide bonds. The first-order chi connectivity index (χ1) is 12.0. The van der Waals surface area contributed by atoms with Gasteiger partial charge >= 0.3 is 5.97 Å². The zero-order chi connectivity index (χ0) is 17.8. The van der Waals surface area contributed by atoms with E-state index >= 15 is 0 Å². The van der Waals surface area contributed by atoms with Crippen LogP contribution in [0.4, 0.5) is 0 Å². The quantitative estimate of drug-likeness (QED) is 0.516. The van der Waals surface area contributed by atoms with Gasteiger partial charge in [0.05, 0.1) is 12.1 Å². The van der Waals surface area contributed by atoms with E-state index in [1.54, 1.807) is 0 Å². The fourth-order valence-corrected chi connectivity index (χ4v) is 4.24. The van der Waals surface area contributed by atoms with Gasteiger partial charge in [-0.25, -0.2) is 4.98 Å². The maximum absolute atomic E-state index is 10.8. The van der Waals surface area contributed by atoms with Crippen molar-refractivity contribution in [1.29, 1.82) is 0 Å². The second-order valence-electron chi connectivity index (χ2n) is 5.98. The van der Waals surface area contributed by atoms with Crippen LogP contribution in [0.3, 0.4) is 0 Å². The Balaban J connectivity index is 1.58. The van der Waals surface area contributed by atoms with Gasteiger partial charge in [0, 0.05) is 0 Å². The zero-order valence-corrected chi connectivity index (χ0v) is 15.8. The van der Waals surface area contributed by atoms with Crippen molar-refractivity contribution in [1.82, 2.24) is 4.98 Å². The first kappa shape index (κ1) is 18.2. The number of carboxylic acids is 1. The number of halogens is 2. The first-order valence-corrected chi connectivity index (χ1v) is 9.62. The highest BCUT2D eigenvalue weighted by Gasteiger charge is 2.07. The molecule has 1 aromatic heterocycles. The minimum absolute atomic E-state index is 0.0564. The Morgan fingerprint density at radius 3 is 2.28 bits per heavy atom. The molecule has 25 heavy (non-hydrogen) atoms. The van der Waals surface area contributed by atoms with Crippen LogP contribution in [0.1, 0.15) is 29.7 Å². The van der Waals surface area contributed by atoms with Crippen LogP contribution < -0.4 is 0 Å². The maximum atomic E-state index is 10.8. The Hall–Kier alpha value is -1.62. The second kappa shape index (κ2) is 8.17. The number of hydrogen-bond donors (Lipinski definition) is 1. The molecule has 0 saturated heterocycles. The fourth-order valence-electron chi connectivity index (χ4n) is 2.87. The lowest BCUT2D eigenvalue weighted by atomic mass is 10.00. The molecule has 3 nitrogen and oxygen atoms in total. The number of unbranched alkanes of at least 4 members (excludes halogenated alkanes) is 1. The van der Waals surface area contributed by atoms with E-state index < -0.39 is 5.97 Å². The number of aliphatic carboxylic acids is 1. The zero-order valence-electron chi connectivity index (χ0n) is 13.5. The molecular weight excluding hydrogens is 377 g/mol. The normalized spacial score (nSPS) is 11.1. The summed E-state index contributed by atoms with van der Waals surface area (Å²) in [6.07, 6.45) is 3.95. The van der Waals surface area contributed by atoms with Gasteiger partial charge in [0.15, 0.2) is 4.47 Å². The summed E-state index contributed by atoms with van der Waals surface area (Å²) in [5.41, 5.74) is 2.99. The predicted octanol–water partition coefficient (Wildman–Crippen LogP) is 5.80. The highest BCUT2D eigenvalue weighted by atomic mass is 35.5. The van der Waals surface area contributed by atoms with Crippen LogP contribution in [-0.4, -0.2) is 16.1 Å². The maximum Gasteiger partial charge on any atom is 0.307 e. The van der Waals surface area contributed by atoms with Crippen molar-refractivity contribution in [2.75, 3.05) is 0 Å². The monoisotopic (exact) mass is 393 g/mol. The van der Waals surface area contributed by atoms with Crippen molar-refractivity contribution in [3.63, 3.8) is 0 Å². The molecule has 0 saturated carbocycles. The minimum Gasteiger partial charge on any atom is -0.481 e. The molecule has 0 aliphatic rings. The third-order valence-electron chi connectivity index (χ3n) is 4.08. The van der Waals surface area contributed by atoms with Crippen LogP contribution in [0.15, 0.2) is 36.4 Å². The number of aromatic nitrogens is 1. The number of fused-ring (bicyclic) bond motifs is 1. The molecular formula is C19H17Cl2NO2S. The molecule has 3 aromatic rings. The van der Waals surface area contributed by atoms with Crippen LogP contribution in [-0.2, 0) is 24.1 Å². The average molecular weight is 394 g/mol. The van der Waals surface area contributed by atoms with E-state index in [1.165, 1.54) is 16.9 Å². The third kappa shape index (κ3) is 4.94. The molecule has 0 aliphatic heterocycles. The Morgan fingerprint density at radius 2 is 1.64 bits per heavy atom. The number of benzene rings is 2. The van der Waals surface area contributed by atoms with Gasteiger partial charge < -0.3 is 5.11 Å². The summed E-state index contributed by atoms with van der Waals surface area (Å²) >= 11 is 13.3. The first-order valence-electron chi connectivity index (χ1n) is 8.05. The van der Waals surface area contributed by atoms with Crippen molar-refractivity contribution in [3.05, 3.63) is 62.0 Å². The molecule has 0 bridgehead atoms. The molecule has 130 valence electrons. The van der Waals surface area contributed by atoms with Crippen LogP contribution in [0.25, 0.3) is 10.8 Å². The molecule has 0 atom stereocenters. The van der Waals surface area contributed by atoms with Gasteiger partial charge in [0.25, 0.3) is 0 Å². The molecule has 1 heterocycles. The Bertz CT molecular complexity index is 908. The van der Waals surface area contributed by atoms with Crippen LogP contribution >= 0.6 is 34.5 Å². The van der Waals surface area contributed by atoms with Crippen molar-refractivity contribution in [2.45, 2.75) is 32.1 Å². The topological polar surface area (TPSA) is 50.2 Å². The number of carbonyl (C=O) groups is 1. The largest absolute Gasteiger partial charge is 0.481 e. The average Bonchev–Trinajstić information content (AvgIpc) is 2.88. The molecule has 0 radical (unpaired) electrons. The summed E-state index contributed by atoms with van der Waals surface area (Å²) in [5, 5.41) is 11.1.